The van der Waals surface area contributed by atoms with Gasteiger partial charge < -0.3 is 4.74 Å². The highest BCUT2D eigenvalue weighted by Crippen LogP contribution is 2.33. The lowest BCUT2D eigenvalue weighted by molar-refractivity contribution is -0.146. The van der Waals surface area contributed by atoms with E-state index in [0.717, 1.165) is 37.7 Å². The van der Waals surface area contributed by atoms with Gasteiger partial charge in [0.05, 0.1) is 5.41 Å². The number of esters is 1. The van der Waals surface area contributed by atoms with Crippen LogP contribution in [-0.2, 0) is 4.79 Å². The number of benzene rings is 2. The van der Waals surface area contributed by atoms with Crippen molar-refractivity contribution in [3.63, 3.8) is 0 Å². The molecule has 2 heteroatoms. The fraction of sp³-hybridized carbons (Fsp3) is 0.480. The number of unbranched alkanes of at least 4 members (excludes halogenated alkanes) is 4. The van der Waals surface area contributed by atoms with Crippen LogP contribution in [0.2, 0.25) is 0 Å². The van der Waals surface area contributed by atoms with Gasteiger partial charge in [0.25, 0.3) is 0 Å². The molecule has 0 saturated heterocycles. The molecule has 1 unspecified atom stereocenters. The van der Waals surface area contributed by atoms with Gasteiger partial charge in [0.1, 0.15) is 5.75 Å². The second-order valence-corrected chi connectivity index (χ2v) is 7.75. The van der Waals surface area contributed by atoms with Crippen LogP contribution in [0.4, 0.5) is 0 Å². The Hall–Kier alpha value is -2.09. The minimum absolute atomic E-state index is 0.0834. The lowest BCUT2D eigenvalue weighted by Crippen LogP contribution is -2.32. The van der Waals surface area contributed by atoms with E-state index < -0.39 is 0 Å². The van der Waals surface area contributed by atoms with E-state index in [1.54, 1.807) is 0 Å². The van der Waals surface area contributed by atoms with Crippen LogP contribution in [0.3, 0.4) is 0 Å². The van der Waals surface area contributed by atoms with E-state index in [2.05, 4.69) is 32.9 Å². The molecule has 0 spiro atoms. The van der Waals surface area contributed by atoms with Crippen LogP contribution in [0.25, 0.3) is 11.1 Å². The Kier molecular flexibility index (Phi) is 8.57. The zero-order valence-corrected chi connectivity index (χ0v) is 17.2. The Morgan fingerprint density at radius 2 is 1.37 bits per heavy atom. The highest BCUT2D eigenvalue weighted by molar-refractivity contribution is 5.79. The summed E-state index contributed by atoms with van der Waals surface area (Å²) in [5, 5.41) is 0. The predicted molar refractivity (Wildman–Crippen MR) is 114 cm³/mol. The third-order valence-electron chi connectivity index (χ3n) is 5.33. The minimum Gasteiger partial charge on any atom is -0.426 e. The summed E-state index contributed by atoms with van der Waals surface area (Å²) < 4.78 is 5.79. The molecule has 2 aromatic rings. The summed E-state index contributed by atoms with van der Waals surface area (Å²) in [6.45, 7) is 6.46. The summed E-state index contributed by atoms with van der Waals surface area (Å²) in [7, 11) is 0. The minimum atomic E-state index is -0.387. The van der Waals surface area contributed by atoms with E-state index in [9.17, 15) is 4.79 Å². The Balaban J connectivity index is 2.02. The molecule has 2 rings (SSSR count). The Bertz CT molecular complexity index is 675. The average Bonchev–Trinajstić information content (AvgIpc) is 2.71. The second-order valence-electron chi connectivity index (χ2n) is 7.75. The molecule has 0 aliphatic rings. The maximum atomic E-state index is 12.9. The van der Waals surface area contributed by atoms with Gasteiger partial charge in [-0.1, -0.05) is 94.8 Å². The van der Waals surface area contributed by atoms with Gasteiger partial charge in [0.15, 0.2) is 0 Å². The normalized spacial score (nSPS) is 13.1. The summed E-state index contributed by atoms with van der Waals surface area (Å²) in [6, 6.07) is 18.1. The zero-order valence-electron chi connectivity index (χ0n) is 17.2. The highest BCUT2D eigenvalue weighted by Gasteiger charge is 2.34. The number of rotatable bonds is 11. The van der Waals surface area contributed by atoms with Crippen molar-refractivity contribution in [2.24, 2.45) is 5.41 Å². The fourth-order valence-electron chi connectivity index (χ4n) is 3.41. The molecule has 0 fully saturated rings. The molecule has 0 N–H and O–H groups in total. The van der Waals surface area contributed by atoms with Crippen molar-refractivity contribution in [2.75, 3.05) is 0 Å². The quantitative estimate of drug-likeness (QED) is 0.235. The van der Waals surface area contributed by atoms with Crippen LogP contribution in [0.1, 0.15) is 72.1 Å². The van der Waals surface area contributed by atoms with E-state index in [4.69, 9.17) is 4.74 Å². The van der Waals surface area contributed by atoms with Crippen molar-refractivity contribution in [3.05, 3.63) is 54.6 Å². The molecule has 0 bridgehead atoms. The number of hydrogen-bond acceptors (Lipinski definition) is 2. The predicted octanol–water partition coefficient (Wildman–Crippen LogP) is 7.43. The van der Waals surface area contributed by atoms with Gasteiger partial charge in [-0.3, -0.25) is 4.79 Å². The van der Waals surface area contributed by atoms with E-state index in [1.165, 1.54) is 24.8 Å². The van der Waals surface area contributed by atoms with Crippen LogP contribution in [0, 0.1) is 5.41 Å². The van der Waals surface area contributed by atoms with E-state index in [0.29, 0.717) is 5.75 Å². The SMILES string of the molecule is CCCCCCC(C)(CCCC)C(=O)Oc1ccc(-c2ccccc2)cc1. The summed E-state index contributed by atoms with van der Waals surface area (Å²) in [6.07, 6.45) is 8.71. The van der Waals surface area contributed by atoms with Crippen molar-refractivity contribution >= 4 is 5.97 Å². The number of ether oxygens (including phenoxy) is 1. The first kappa shape index (κ1) is 21.2. The Labute approximate surface area is 165 Å². The largest absolute Gasteiger partial charge is 0.426 e. The first-order valence-corrected chi connectivity index (χ1v) is 10.5. The number of carbonyl (C=O) groups excluding carboxylic acids is 1. The van der Waals surface area contributed by atoms with Gasteiger partial charge in [-0.15, -0.1) is 0 Å². The maximum absolute atomic E-state index is 12.9. The van der Waals surface area contributed by atoms with Gasteiger partial charge in [0, 0.05) is 0 Å². The lowest BCUT2D eigenvalue weighted by atomic mass is 9.80. The maximum Gasteiger partial charge on any atom is 0.317 e. The molecule has 0 saturated carbocycles. The second kappa shape index (κ2) is 10.9. The summed E-state index contributed by atoms with van der Waals surface area (Å²) >= 11 is 0. The molecule has 0 aromatic heterocycles. The highest BCUT2D eigenvalue weighted by atomic mass is 16.5. The molecule has 27 heavy (non-hydrogen) atoms. The van der Waals surface area contributed by atoms with Crippen LogP contribution >= 0.6 is 0 Å². The molecular weight excluding hydrogens is 332 g/mol. The molecule has 2 nitrogen and oxygen atoms in total. The van der Waals surface area contributed by atoms with Crippen LogP contribution in [0.5, 0.6) is 5.75 Å². The van der Waals surface area contributed by atoms with E-state index in [-0.39, 0.29) is 11.4 Å². The first-order valence-electron chi connectivity index (χ1n) is 10.5. The van der Waals surface area contributed by atoms with Gasteiger partial charge in [-0.25, -0.2) is 0 Å². The van der Waals surface area contributed by atoms with E-state index in [1.807, 2.05) is 42.5 Å². The smallest absolute Gasteiger partial charge is 0.317 e. The van der Waals surface area contributed by atoms with Crippen molar-refractivity contribution in [3.8, 4) is 16.9 Å². The number of hydrogen-bond donors (Lipinski definition) is 0. The molecule has 2 aromatic carbocycles. The third-order valence-corrected chi connectivity index (χ3v) is 5.33. The van der Waals surface area contributed by atoms with Crippen molar-refractivity contribution in [1.82, 2.24) is 0 Å². The summed E-state index contributed by atoms with van der Waals surface area (Å²) in [5.41, 5.74) is 1.91. The standard InChI is InChI=1S/C25H34O2/c1-4-6-8-12-20-25(3,19-7-5-2)24(26)27-23-17-15-22(16-18-23)21-13-10-9-11-14-21/h9-11,13-18H,4-8,12,19-20H2,1-3H3. The summed E-state index contributed by atoms with van der Waals surface area (Å²) in [4.78, 5) is 12.9. The molecule has 0 amide bonds. The van der Waals surface area contributed by atoms with Crippen LogP contribution in [0.15, 0.2) is 54.6 Å². The average molecular weight is 367 g/mol. The molecular formula is C25H34O2. The zero-order chi connectivity index (χ0) is 19.5. The molecule has 0 aliphatic carbocycles. The van der Waals surface area contributed by atoms with Gasteiger partial charge in [0.2, 0.25) is 0 Å². The lowest BCUT2D eigenvalue weighted by Gasteiger charge is -2.27. The molecule has 0 heterocycles. The van der Waals surface area contributed by atoms with Gasteiger partial charge >= 0.3 is 5.97 Å². The monoisotopic (exact) mass is 366 g/mol. The molecule has 0 radical (unpaired) electrons. The molecule has 146 valence electrons. The van der Waals surface area contributed by atoms with Crippen molar-refractivity contribution in [2.45, 2.75) is 72.1 Å². The fourth-order valence-corrected chi connectivity index (χ4v) is 3.41. The van der Waals surface area contributed by atoms with Gasteiger partial charge in [-0.05, 0) is 43.0 Å². The number of carbonyl (C=O) groups is 1. The topological polar surface area (TPSA) is 26.3 Å². The summed E-state index contributed by atoms with van der Waals surface area (Å²) in [5.74, 6) is 0.552. The van der Waals surface area contributed by atoms with Crippen LogP contribution < -0.4 is 4.74 Å². The third kappa shape index (κ3) is 6.53. The Morgan fingerprint density at radius 1 is 0.778 bits per heavy atom. The molecule has 0 aliphatic heterocycles. The van der Waals surface area contributed by atoms with Crippen LogP contribution in [-0.4, -0.2) is 5.97 Å². The molecule has 1 atom stereocenters. The van der Waals surface area contributed by atoms with Crippen molar-refractivity contribution in [1.29, 1.82) is 0 Å². The first-order chi connectivity index (χ1) is 13.1. The Morgan fingerprint density at radius 3 is 2.00 bits per heavy atom. The van der Waals surface area contributed by atoms with Gasteiger partial charge in [-0.2, -0.15) is 0 Å². The van der Waals surface area contributed by atoms with E-state index >= 15 is 0 Å². The van der Waals surface area contributed by atoms with Crippen molar-refractivity contribution < 1.29 is 9.53 Å².